The summed E-state index contributed by atoms with van der Waals surface area (Å²) in [6.45, 7) is -0.603. The SMILES string of the molecule is COc1cc2cc(C(F)(F)CNN)sc2cc1OC. The second kappa shape index (κ2) is 5.28. The minimum absolute atomic E-state index is 0.0456. The van der Waals surface area contributed by atoms with Crippen LogP contribution in [-0.2, 0) is 5.92 Å². The van der Waals surface area contributed by atoms with Gasteiger partial charge in [0.1, 0.15) is 0 Å². The lowest BCUT2D eigenvalue weighted by atomic mass is 10.2. The van der Waals surface area contributed by atoms with Gasteiger partial charge in [-0.1, -0.05) is 0 Å². The summed E-state index contributed by atoms with van der Waals surface area (Å²) in [5, 5.41) is 0.689. The molecule has 0 atom stereocenters. The van der Waals surface area contributed by atoms with Crippen LogP contribution in [0, 0.1) is 0 Å². The van der Waals surface area contributed by atoms with Crippen molar-refractivity contribution < 1.29 is 18.3 Å². The number of alkyl halides is 2. The first kappa shape index (κ1) is 14.0. The molecule has 0 aliphatic heterocycles. The molecule has 1 aromatic carbocycles. The van der Waals surface area contributed by atoms with Gasteiger partial charge < -0.3 is 9.47 Å². The Morgan fingerprint density at radius 3 is 2.42 bits per heavy atom. The largest absolute Gasteiger partial charge is 0.493 e. The maximum atomic E-state index is 13.8. The number of benzene rings is 1. The topological polar surface area (TPSA) is 56.5 Å². The first-order valence-electron chi connectivity index (χ1n) is 5.49. The van der Waals surface area contributed by atoms with Gasteiger partial charge in [0, 0.05) is 10.8 Å². The highest BCUT2D eigenvalue weighted by Gasteiger charge is 2.33. The van der Waals surface area contributed by atoms with E-state index in [1.54, 1.807) is 12.1 Å². The van der Waals surface area contributed by atoms with Crippen LogP contribution in [0.5, 0.6) is 11.5 Å². The van der Waals surface area contributed by atoms with Crippen LogP contribution < -0.4 is 20.7 Å². The van der Waals surface area contributed by atoms with E-state index in [9.17, 15) is 8.78 Å². The van der Waals surface area contributed by atoms with Crippen molar-refractivity contribution in [3.05, 3.63) is 23.1 Å². The number of thiophene rings is 1. The number of halogens is 2. The molecule has 7 heteroatoms. The zero-order valence-electron chi connectivity index (χ0n) is 10.5. The maximum Gasteiger partial charge on any atom is 0.295 e. The molecule has 2 rings (SSSR count). The third-order valence-electron chi connectivity index (χ3n) is 2.71. The van der Waals surface area contributed by atoms with Gasteiger partial charge in [-0.3, -0.25) is 11.3 Å². The van der Waals surface area contributed by atoms with E-state index < -0.39 is 12.5 Å². The molecular formula is C12H14F2N2O2S. The summed E-state index contributed by atoms with van der Waals surface area (Å²) >= 11 is 1.01. The highest BCUT2D eigenvalue weighted by atomic mass is 32.1. The van der Waals surface area contributed by atoms with E-state index in [0.717, 1.165) is 11.3 Å². The average molecular weight is 288 g/mol. The van der Waals surface area contributed by atoms with Crippen molar-refractivity contribution in [2.24, 2.45) is 5.84 Å². The molecule has 104 valence electrons. The van der Waals surface area contributed by atoms with Crippen LogP contribution in [0.2, 0.25) is 0 Å². The predicted octanol–water partition coefficient (Wildman–Crippen LogP) is 2.47. The first-order chi connectivity index (χ1) is 9.01. The van der Waals surface area contributed by atoms with Crippen molar-refractivity contribution >= 4 is 21.4 Å². The number of hydrazine groups is 1. The zero-order valence-corrected chi connectivity index (χ0v) is 11.3. The molecule has 3 N–H and O–H groups in total. The number of nitrogens with two attached hydrogens (primary N) is 1. The monoisotopic (exact) mass is 288 g/mol. The fourth-order valence-corrected chi connectivity index (χ4v) is 2.81. The Hall–Kier alpha value is -1.44. The van der Waals surface area contributed by atoms with E-state index in [2.05, 4.69) is 0 Å². The first-order valence-corrected chi connectivity index (χ1v) is 6.31. The summed E-state index contributed by atoms with van der Waals surface area (Å²) in [7, 11) is 3.01. The Morgan fingerprint density at radius 1 is 1.21 bits per heavy atom. The predicted molar refractivity (Wildman–Crippen MR) is 71.0 cm³/mol. The lowest BCUT2D eigenvalue weighted by Crippen LogP contribution is -2.34. The highest BCUT2D eigenvalue weighted by Crippen LogP contribution is 2.41. The van der Waals surface area contributed by atoms with Gasteiger partial charge in [-0.2, -0.15) is 8.78 Å². The van der Waals surface area contributed by atoms with Gasteiger partial charge in [-0.15, -0.1) is 11.3 Å². The lowest BCUT2D eigenvalue weighted by molar-refractivity contribution is 0.000967. The number of ether oxygens (including phenoxy) is 2. The van der Waals surface area contributed by atoms with Gasteiger partial charge >= 0.3 is 0 Å². The molecule has 0 saturated heterocycles. The second-order valence-electron chi connectivity index (χ2n) is 3.94. The van der Waals surface area contributed by atoms with Crippen LogP contribution >= 0.6 is 11.3 Å². The fraction of sp³-hybridized carbons (Fsp3) is 0.333. The molecule has 0 spiro atoms. The van der Waals surface area contributed by atoms with Crippen LogP contribution in [0.15, 0.2) is 18.2 Å². The molecule has 2 aromatic rings. The van der Waals surface area contributed by atoms with E-state index in [-0.39, 0.29) is 4.88 Å². The number of rotatable bonds is 5. The smallest absolute Gasteiger partial charge is 0.295 e. The van der Waals surface area contributed by atoms with Crippen molar-refractivity contribution in [3.8, 4) is 11.5 Å². The van der Waals surface area contributed by atoms with E-state index in [1.807, 2.05) is 5.43 Å². The summed E-state index contributed by atoms with van der Waals surface area (Å²) in [5.74, 6) is 3.00. The van der Waals surface area contributed by atoms with Crippen LogP contribution in [0.25, 0.3) is 10.1 Å². The molecule has 0 unspecified atom stereocenters. The van der Waals surface area contributed by atoms with Crippen LogP contribution in [-0.4, -0.2) is 20.8 Å². The Balaban J connectivity index is 2.51. The molecule has 0 saturated carbocycles. The van der Waals surface area contributed by atoms with E-state index >= 15 is 0 Å². The van der Waals surface area contributed by atoms with Crippen LogP contribution in [0.4, 0.5) is 8.78 Å². The molecule has 0 aliphatic carbocycles. The number of nitrogens with one attached hydrogen (secondary N) is 1. The highest BCUT2D eigenvalue weighted by molar-refractivity contribution is 7.19. The summed E-state index contributed by atoms with van der Waals surface area (Å²) in [6, 6.07) is 4.81. The molecule has 1 heterocycles. The number of fused-ring (bicyclic) bond motifs is 1. The third kappa shape index (κ3) is 2.63. The fourth-order valence-electron chi connectivity index (χ4n) is 1.76. The summed E-state index contributed by atoms with van der Waals surface area (Å²) < 4.78 is 38.5. The van der Waals surface area contributed by atoms with Crippen molar-refractivity contribution in [2.45, 2.75) is 5.92 Å². The molecule has 0 fully saturated rings. The Bertz CT molecular complexity index is 545. The summed E-state index contributed by atoms with van der Waals surface area (Å²) in [5.41, 5.74) is 2.00. The Labute approximate surface area is 113 Å². The van der Waals surface area contributed by atoms with Gasteiger partial charge in [0.2, 0.25) is 0 Å². The van der Waals surface area contributed by atoms with Gasteiger partial charge in [0.25, 0.3) is 5.92 Å². The van der Waals surface area contributed by atoms with E-state index in [1.165, 1.54) is 20.3 Å². The normalized spacial score (nSPS) is 11.8. The number of methoxy groups -OCH3 is 2. The second-order valence-corrected chi connectivity index (χ2v) is 5.02. The molecule has 1 aromatic heterocycles. The summed E-state index contributed by atoms with van der Waals surface area (Å²) in [4.78, 5) is -0.0456. The molecule has 19 heavy (non-hydrogen) atoms. The van der Waals surface area contributed by atoms with Gasteiger partial charge in [-0.05, 0) is 17.5 Å². The maximum absolute atomic E-state index is 13.8. The Kier molecular flexibility index (Phi) is 3.88. The average Bonchev–Trinajstić information content (AvgIpc) is 2.80. The molecule has 4 nitrogen and oxygen atoms in total. The van der Waals surface area contributed by atoms with Crippen molar-refractivity contribution in [3.63, 3.8) is 0 Å². The minimum Gasteiger partial charge on any atom is -0.493 e. The molecule has 0 bridgehead atoms. The van der Waals surface area contributed by atoms with Crippen LogP contribution in [0.3, 0.4) is 0 Å². The molecule has 0 amide bonds. The lowest BCUT2D eigenvalue weighted by Gasteiger charge is -2.12. The summed E-state index contributed by atoms with van der Waals surface area (Å²) in [6.07, 6.45) is 0. The van der Waals surface area contributed by atoms with Gasteiger partial charge in [0.05, 0.1) is 25.6 Å². The molecule has 0 radical (unpaired) electrons. The molecule has 0 aliphatic rings. The third-order valence-corrected chi connectivity index (χ3v) is 3.92. The standard InChI is InChI=1S/C12H14F2N2O2S/c1-17-8-3-7-4-11(12(13,14)6-16-15)19-10(7)5-9(8)18-2/h3-5,16H,6,15H2,1-2H3. The van der Waals surface area contributed by atoms with E-state index in [4.69, 9.17) is 15.3 Å². The van der Waals surface area contributed by atoms with Crippen molar-refractivity contribution in [2.75, 3.05) is 20.8 Å². The zero-order chi connectivity index (χ0) is 14.0. The van der Waals surface area contributed by atoms with Gasteiger partial charge in [0.15, 0.2) is 11.5 Å². The van der Waals surface area contributed by atoms with E-state index in [0.29, 0.717) is 21.6 Å². The Morgan fingerprint density at radius 2 is 1.84 bits per heavy atom. The van der Waals surface area contributed by atoms with Crippen LogP contribution in [0.1, 0.15) is 4.88 Å². The molecular weight excluding hydrogens is 274 g/mol. The minimum atomic E-state index is -3.00. The van der Waals surface area contributed by atoms with Gasteiger partial charge in [-0.25, -0.2) is 0 Å². The van der Waals surface area contributed by atoms with Crippen molar-refractivity contribution in [1.82, 2.24) is 5.43 Å². The number of hydrogen-bond acceptors (Lipinski definition) is 5. The number of hydrogen-bond donors (Lipinski definition) is 2. The van der Waals surface area contributed by atoms with Crippen molar-refractivity contribution in [1.29, 1.82) is 0 Å². The quantitative estimate of drug-likeness (QED) is 0.655.